The number of hydrogen-bond acceptors (Lipinski definition) is 2. The van der Waals surface area contributed by atoms with Crippen LogP contribution in [0.15, 0.2) is 18.2 Å². The van der Waals surface area contributed by atoms with Crippen LogP contribution in [0, 0.1) is 16.4 Å². The predicted molar refractivity (Wildman–Crippen MR) is 81.6 cm³/mol. The first kappa shape index (κ1) is 13.8. The second-order valence-corrected chi connectivity index (χ2v) is 6.16. The number of nitrogens with zero attached hydrogens (tertiary/aromatic N) is 1. The molecule has 2 N–H and O–H groups in total. The average Bonchev–Trinajstić information content (AvgIpc) is 2.73. The van der Waals surface area contributed by atoms with Crippen molar-refractivity contribution in [2.24, 2.45) is 11.7 Å². The minimum atomic E-state index is 0.145. The summed E-state index contributed by atoms with van der Waals surface area (Å²) in [5.74, 6) is 0.595. The molecule has 0 bridgehead atoms. The molecule has 1 saturated heterocycles. The van der Waals surface area contributed by atoms with E-state index >= 15 is 0 Å². The van der Waals surface area contributed by atoms with Crippen molar-refractivity contribution >= 4 is 28.5 Å². The number of benzene rings is 1. The first-order chi connectivity index (χ1) is 8.54. The maximum Gasteiger partial charge on any atom is 0.255 e. The van der Waals surface area contributed by atoms with Gasteiger partial charge in [-0.1, -0.05) is 12.1 Å². The largest absolute Gasteiger partial charge is 0.336 e. The SMILES string of the molecule is Cc1cccc(C(=O)N2CC(CN)CC2C)c1I. The summed E-state index contributed by atoms with van der Waals surface area (Å²) in [5.41, 5.74) is 7.69. The third-order valence-corrected chi connectivity index (χ3v) is 5.11. The third-order valence-electron chi connectivity index (χ3n) is 3.68. The summed E-state index contributed by atoms with van der Waals surface area (Å²) in [6, 6.07) is 6.20. The van der Waals surface area contributed by atoms with Gasteiger partial charge in [-0.3, -0.25) is 4.79 Å². The lowest BCUT2D eigenvalue weighted by Crippen LogP contribution is -2.35. The lowest BCUT2D eigenvalue weighted by atomic mass is 10.1. The summed E-state index contributed by atoms with van der Waals surface area (Å²) in [5, 5.41) is 0. The number of rotatable bonds is 2. The highest BCUT2D eigenvalue weighted by Gasteiger charge is 2.32. The van der Waals surface area contributed by atoms with Crippen molar-refractivity contribution in [2.45, 2.75) is 26.3 Å². The Labute approximate surface area is 122 Å². The fourth-order valence-corrected chi connectivity index (χ4v) is 3.15. The molecule has 1 fully saturated rings. The normalized spacial score (nSPS) is 23.4. The number of hydrogen-bond donors (Lipinski definition) is 1. The van der Waals surface area contributed by atoms with Gasteiger partial charge in [-0.25, -0.2) is 0 Å². The molecule has 2 atom stereocenters. The maximum atomic E-state index is 12.6. The number of nitrogens with two attached hydrogens (primary N) is 1. The van der Waals surface area contributed by atoms with Crippen molar-refractivity contribution in [1.82, 2.24) is 4.90 Å². The van der Waals surface area contributed by atoms with Crippen LogP contribution in [0.3, 0.4) is 0 Å². The number of likely N-dealkylation sites (tertiary alicyclic amines) is 1. The van der Waals surface area contributed by atoms with Crippen molar-refractivity contribution in [3.63, 3.8) is 0 Å². The first-order valence-electron chi connectivity index (χ1n) is 6.30. The Morgan fingerprint density at radius 2 is 2.28 bits per heavy atom. The van der Waals surface area contributed by atoms with E-state index in [1.807, 2.05) is 30.0 Å². The van der Waals surface area contributed by atoms with Crippen molar-refractivity contribution in [2.75, 3.05) is 13.1 Å². The summed E-state index contributed by atoms with van der Waals surface area (Å²) in [6.45, 7) is 5.60. The third kappa shape index (κ3) is 2.54. The van der Waals surface area contributed by atoms with E-state index in [4.69, 9.17) is 5.73 Å². The van der Waals surface area contributed by atoms with Crippen LogP contribution < -0.4 is 5.73 Å². The fraction of sp³-hybridized carbons (Fsp3) is 0.500. The van der Waals surface area contributed by atoms with E-state index in [2.05, 4.69) is 29.5 Å². The molecular weight excluding hydrogens is 339 g/mol. The zero-order valence-corrected chi connectivity index (χ0v) is 13.0. The smallest absolute Gasteiger partial charge is 0.255 e. The van der Waals surface area contributed by atoms with Gasteiger partial charge in [0, 0.05) is 16.2 Å². The van der Waals surface area contributed by atoms with Crippen LogP contribution in [0.1, 0.15) is 29.3 Å². The summed E-state index contributed by atoms with van der Waals surface area (Å²) < 4.78 is 1.06. The molecule has 1 amide bonds. The fourth-order valence-electron chi connectivity index (χ4n) is 2.56. The molecule has 1 heterocycles. The van der Waals surface area contributed by atoms with E-state index in [0.29, 0.717) is 18.5 Å². The number of amides is 1. The topological polar surface area (TPSA) is 46.3 Å². The monoisotopic (exact) mass is 358 g/mol. The Morgan fingerprint density at radius 3 is 2.89 bits per heavy atom. The maximum absolute atomic E-state index is 12.6. The molecule has 18 heavy (non-hydrogen) atoms. The lowest BCUT2D eigenvalue weighted by molar-refractivity contribution is 0.0742. The van der Waals surface area contributed by atoms with Crippen LogP contribution in [0.2, 0.25) is 0 Å². The molecule has 1 aromatic carbocycles. The van der Waals surface area contributed by atoms with Crippen LogP contribution in [-0.4, -0.2) is 29.9 Å². The Balaban J connectivity index is 2.24. The van der Waals surface area contributed by atoms with Gasteiger partial charge in [0.2, 0.25) is 0 Å². The molecule has 0 spiro atoms. The molecule has 3 nitrogen and oxygen atoms in total. The van der Waals surface area contributed by atoms with Crippen molar-refractivity contribution in [1.29, 1.82) is 0 Å². The molecule has 0 saturated carbocycles. The van der Waals surface area contributed by atoms with Crippen molar-refractivity contribution in [3.05, 3.63) is 32.9 Å². The quantitative estimate of drug-likeness (QED) is 0.826. The molecule has 1 aliphatic heterocycles. The van der Waals surface area contributed by atoms with Gasteiger partial charge < -0.3 is 10.6 Å². The van der Waals surface area contributed by atoms with Gasteiger partial charge in [-0.05, 0) is 67.0 Å². The highest BCUT2D eigenvalue weighted by molar-refractivity contribution is 14.1. The van der Waals surface area contributed by atoms with Gasteiger partial charge >= 0.3 is 0 Å². The van der Waals surface area contributed by atoms with Gasteiger partial charge in [0.15, 0.2) is 0 Å². The Hall–Kier alpha value is -0.620. The standard InChI is InChI=1S/C14H19IN2O/c1-9-4-3-5-12(13(9)15)14(18)17-8-11(7-16)6-10(17)2/h3-5,10-11H,6-8,16H2,1-2H3. The van der Waals surface area contributed by atoms with Gasteiger partial charge in [-0.15, -0.1) is 0 Å². The Kier molecular flexibility index (Phi) is 4.27. The molecule has 0 aliphatic carbocycles. The van der Waals surface area contributed by atoms with Crippen LogP contribution in [0.4, 0.5) is 0 Å². The number of aryl methyl sites for hydroxylation is 1. The lowest BCUT2D eigenvalue weighted by Gasteiger charge is -2.22. The van der Waals surface area contributed by atoms with E-state index in [-0.39, 0.29) is 5.91 Å². The van der Waals surface area contributed by atoms with E-state index in [0.717, 1.165) is 27.7 Å². The minimum absolute atomic E-state index is 0.145. The number of carbonyl (C=O) groups excluding carboxylic acids is 1. The van der Waals surface area contributed by atoms with Gasteiger partial charge in [-0.2, -0.15) is 0 Å². The Morgan fingerprint density at radius 1 is 1.56 bits per heavy atom. The van der Waals surface area contributed by atoms with Crippen molar-refractivity contribution < 1.29 is 4.79 Å². The minimum Gasteiger partial charge on any atom is -0.336 e. The highest BCUT2D eigenvalue weighted by Crippen LogP contribution is 2.26. The van der Waals surface area contributed by atoms with Gasteiger partial charge in [0.1, 0.15) is 0 Å². The molecular formula is C14H19IN2O. The van der Waals surface area contributed by atoms with Crippen LogP contribution in [-0.2, 0) is 0 Å². The molecule has 2 unspecified atom stereocenters. The van der Waals surface area contributed by atoms with Crippen LogP contribution >= 0.6 is 22.6 Å². The van der Waals surface area contributed by atoms with E-state index in [9.17, 15) is 4.79 Å². The van der Waals surface area contributed by atoms with E-state index in [1.54, 1.807) is 0 Å². The molecule has 0 aromatic heterocycles. The Bertz CT molecular complexity index is 461. The summed E-state index contributed by atoms with van der Waals surface area (Å²) in [7, 11) is 0. The van der Waals surface area contributed by atoms with Crippen LogP contribution in [0.5, 0.6) is 0 Å². The molecule has 1 aromatic rings. The molecule has 2 rings (SSSR count). The van der Waals surface area contributed by atoms with E-state index in [1.165, 1.54) is 0 Å². The van der Waals surface area contributed by atoms with Crippen LogP contribution in [0.25, 0.3) is 0 Å². The van der Waals surface area contributed by atoms with Crippen molar-refractivity contribution in [3.8, 4) is 0 Å². The first-order valence-corrected chi connectivity index (χ1v) is 7.38. The summed E-state index contributed by atoms with van der Waals surface area (Å²) >= 11 is 2.26. The number of halogens is 1. The average molecular weight is 358 g/mol. The van der Waals surface area contributed by atoms with Gasteiger partial charge in [0.05, 0.1) is 5.56 Å². The second-order valence-electron chi connectivity index (χ2n) is 5.08. The molecule has 98 valence electrons. The highest BCUT2D eigenvalue weighted by atomic mass is 127. The van der Waals surface area contributed by atoms with Gasteiger partial charge in [0.25, 0.3) is 5.91 Å². The molecule has 4 heteroatoms. The van der Waals surface area contributed by atoms with E-state index < -0.39 is 0 Å². The molecule has 1 aliphatic rings. The zero-order valence-electron chi connectivity index (χ0n) is 10.8. The predicted octanol–water partition coefficient (Wildman–Crippen LogP) is 2.41. The second kappa shape index (κ2) is 5.57. The number of carbonyl (C=O) groups is 1. The zero-order chi connectivity index (χ0) is 13.3. The summed E-state index contributed by atoms with van der Waals surface area (Å²) in [4.78, 5) is 14.5. The summed E-state index contributed by atoms with van der Waals surface area (Å²) in [6.07, 6.45) is 1.02. The molecule has 0 radical (unpaired) electrons.